The molecule has 1 rings (SSSR count). The maximum atomic E-state index is 5.95. The molecular weight excluding hydrogens is 249 g/mol. The molecule has 0 radical (unpaired) electrons. The predicted molar refractivity (Wildman–Crippen MR) is 63.4 cm³/mol. The molecule has 3 heteroatoms. The van der Waals surface area contributed by atoms with Crippen molar-refractivity contribution in [2.45, 2.75) is 6.92 Å². The fraction of sp³-hybridized carbons (Fsp3) is 0.200. The van der Waals surface area contributed by atoms with Crippen LogP contribution >= 0.6 is 27.5 Å². The minimum Gasteiger partial charge on any atom is -0.387 e. The molecule has 0 saturated heterocycles. The highest BCUT2D eigenvalue weighted by Gasteiger charge is 2.05. The maximum Gasteiger partial charge on any atom is 0.0599 e. The van der Waals surface area contributed by atoms with Crippen LogP contribution in [0.4, 0.5) is 5.69 Å². The summed E-state index contributed by atoms with van der Waals surface area (Å²) < 4.78 is 0.910. The molecule has 0 saturated carbocycles. The lowest BCUT2D eigenvalue weighted by Gasteiger charge is -2.09. The van der Waals surface area contributed by atoms with E-state index >= 15 is 0 Å². The van der Waals surface area contributed by atoms with Gasteiger partial charge in [0.2, 0.25) is 0 Å². The minimum absolute atomic E-state index is 0.720. The zero-order chi connectivity index (χ0) is 9.84. The molecule has 0 aliphatic carbocycles. The zero-order valence-electron chi connectivity index (χ0n) is 7.57. The van der Waals surface area contributed by atoms with Crippen molar-refractivity contribution in [2.24, 2.45) is 0 Å². The average Bonchev–Trinajstić information content (AvgIpc) is 2.12. The second-order valence-corrected chi connectivity index (χ2v) is 3.78. The van der Waals surface area contributed by atoms with Gasteiger partial charge in [-0.15, -0.1) is 0 Å². The van der Waals surface area contributed by atoms with Crippen LogP contribution in [0, 0.1) is 0 Å². The monoisotopic (exact) mass is 259 g/mol. The van der Waals surface area contributed by atoms with Crippen molar-refractivity contribution in [3.05, 3.63) is 33.3 Å². The molecule has 0 spiro atoms. The molecule has 0 aromatic heterocycles. The van der Waals surface area contributed by atoms with Gasteiger partial charge in [-0.2, -0.15) is 0 Å². The van der Waals surface area contributed by atoms with Crippen molar-refractivity contribution in [3.8, 4) is 0 Å². The average molecular weight is 261 g/mol. The lowest BCUT2D eigenvalue weighted by Crippen LogP contribution is -1.93. The van der Waals surface area contributed by atoms with Gasteiger partial charge in [0.05, 0.1) is 15.2 Å². The largest absolute Gasteiger partial charge is 0.387 e. The van der Waals surface area contributed by atoms with E-state index in [1.165, 1.54) is 0 Å². The Labute approximate surface area is 91.9 Å². The molecule has 0 aliphatic rings. The van der Waals surface area contributed by atoms with E-state index < -0.39 is 0 Å². The van der Waals surface area contributed by atoms with Crippen molar-refractivity contribution >= 4 is 39.3 Å². The van der Waals surface area contributed by atoms with Gasteiger partial charge in [0, 0.05) is 7.05 Å². The van der Waals surface area contributed by atoms with Gasteiger partial charge in [0.25, 0.3) is 0 Å². The Balaban J connectivity index is 3.29. The molecule has 0 bridgehead atoms. The minimum atomic E-state index is 0.720. The molecule has 13 heavy (non-hydrogen) atoms. The summed E-state index contributed by atoms with van der Waals surface area (Å²) in [5.74, 6) is 0. The topological polar surface area (TPSA) is 12.0 Å². The summed E-state index contributed by atoms with van der Waals surface area (Å²) in [6.45, 7) is 1.99. The van der Waals surface area contributed by atoms with Crippen molar-refractivity contribution < 1.29 is 0 Å². The van der Waals surface area contributed by atoms with Crippen LogP contribution in [0.15, 0.2) is 22.7 Å². The molecule has 1 nitrogen and oxygen atoms in total. The summed E-state index contributed by atoms with van der Waals surface area (Å²) in [6.07, 6.45) is 4.03. The Hall–Kier alpha value is -0.470. The molecule has 1 aromatic carbocycles. The number of benzene rings is 1. The molecular formula is C10H11BrClN. The van der Waals surface area contributed by atoms with Gasteiger partial charge in [0.15, 0.2) is 0 Å². The summed E-state index contributed by atoms with van der Waals surface area (Å²) in [5, 5.41) is 3.83. The first-order chi connectivity index (χ1) is 6.20. The van der Waals surface area contributed by atoms with Crippen molar-refractivity contribution in [1.29, 1.82) is 0 Å². The molecule has 0 heterocycles. The lowest BCUT2D eigenvalue weighted by atomic mass is 10.1. The van der Waals surface area contributed by atoms with Crippen LogP contribution in [0.1, 0.15) is 12.5 Å². The van der Waals surface area contributed by atoms with E-state index in [4.69, 9.17) is 11.6 Å². The summed E-state index contributed by atoms with van der Waals surface area (Å²) in [6, 6.07) is 3.86. The highest BCUT2D eigenvalue weighted by atomic mass is 79.9. The van der Waals surface area contributed by atoms with E-state index in [9.17, 15) is 0 Å². The quantitative estimate of drug-likeness (QED) is 0.841. The molecule has 0 fully saturated rings. The molecule has 0 aliphatic heterocycles. The SMILES string of the molecule is C/C=C/c1ccc(Cl)c(Br)c1NC. The molecule has 1 N–H and O–H groups in total. The maximum absolute atomic E-state index is 5.95. The van der Waals surface area contributed by atoms with Crippen molar-refractivity contribution in [2.75, 3.05) is 12.4 Å². The number of rotatable bonds is 2. The van der Waals surface area contributed by atoms with Crippen LogP contribution < -0.4 is 5.32 Å². The fourth-order valence-corrected chi connectivity index (χ4v) is 1.85. The third-order valence-electron chi connectivity index (χ3n) is 1.72. The van der Waals surface area contributed by atoms with Crippen LogP contribution in [-0.2, 0) is 0 Å². The van der Waals surface area contributed by atoms with Crippen molar-refractivity contribution in [1.82, 2.24) is 0 Å². The smallest absolute Gasteiger partial charge is 0.0599 e. The number of hydrogen-bond donors (Lipinski definition) is 1. The van der Waals surface area contributed by atoms with Gasteiger partial charge in [0.1, 0.15) is 0 Å². The summed E-state index contributed by atoms with van der Waals surface area (Å²) >= 11 is 9.39. The van der Waals surface area contributed by atoms with Crippen LogP contribution in [0.25, 0.3) is 6.08 Å². The molecule has 0 atom stereocenters. The van der Waals surface area contributed by atoms with E-state index in [1.807, 2.05) is 38.3 Å². The third kappa shape index (κ3) is 2.26. The summed E-state index contributed by atoms with van der Waals surface area (Å²) in [7, 11) is 1.88. The standard InChI is InChI=1S/C10H11BrClN/c1-3-4-7-5-6-8(12)9(11)10(7)13-2/h3-6,13H,1-2H3/b4-3+. The number of anilines is 1. The summed E-state index contributed by atoms with van der Waals surface area (Å²) in [5.41, 5.74) is 2.15. The van der Waals surface area contributed by atoms with Gasteiger partial charge < -0.3 is 5.32 Å². The molecule has 0 amide bonds. The van der Waals surface area contributed by atoms with Crippen LogP contribution in [0.5, 0.6) is 0 Å². The number of hydrogen-bond acceptors (Lipinski definition) is 1. The number of nitrogens with one attached hydrogen (secondary N) is 1. The van der Waals surface area contributed by atoms with Crippen molar-refractivity contribution in [3.63, 3.8) is 0 Å². The van der Waals surface area contributed by atoms with Crippen LogP contribution in [-0.4, -0.2) is 7.05 Å². The first kappa shape index (κ1) is 10.6. The second kappa shape index (κ2) is 4.68. The molecule has 0 unspecified atom stereocenters. The highest BCUT2D eigenvalue weighted by Crippen LogP contribution is 2.33. The molecule has 1 aromatic rings. The van der Waals surface area contributed by atoms with E-state index in [-0.39, 0.29) is 0 Å². The van der Waals surface area contributed by atoms with E-state index in [1.54, 1.807) is 0 Å². The van der Waals surface area contributed by atoms with Crippen LogP contribution in [0.3, 0.4) is 0 Å². The predicted octanol–water partition coefficient (Wildman–Crippen LogP) is 4.18. The number of halogens is 2. The Morgan fingerprint density at radius 2 is 2.15 bits per heavy atom. The molecule has 70 valence electrons. The van der Waals surface area contributed by atoms with E-state index in [0.717, 1.165) is 20.7 Å². The zero-order valence-corrected chi connectivity index (χ0v) is 9.91. The lowest BCUT2D eigenvalue weighted by molar-refractivity contribution is 1.46. The second-order valence-electron chi connectivity index (χ2n) is 2.58. The fourth-order valence-electron chi connectivity index (χ4n) is 1.14. The highest BCUT2D eigenvalue weighted by molar-refractivity contribution is 9.10. The Morgan fingerprint density at radius 3 is 2.69 bits per heavy atom. The third-order valence-corrected chi connectivity index (χ3v) is 3.09. The summed E-state index contributed by atoms with van der Waals surface area (Å²) in [4.78, 5) is 0. The Kier molecular flexibility index (Phi) is 3.82. The first-order valence-corrected chi connectivity index (χ1v) is 5.16. The van der Waals surface area contributed by atoms with Gasteiger partial charge >= 0.3 is 0 Å². The normalized spacial score (nSPS) is 10.8. The van der Waals surface area contributed by atoms with Gasteiger partial charge in [-0.25, -0.2) is 0 Å². The van der Waals surface area contributed by atoms with Crippen LogP contribution in [0.2, 0.25) is 5.02 Å². The first-order valence-electron chi connectivity index (χ1n) is 3.99. The van der Waals surface area contributed by atoms with E-state index in [2.05, 4.69) is 21.2 Å². The Morgan fingerprint density at radius 1 is 1.46 bits per heavy atom. The van der Waals surface area contributed by atoms with Gasteiger partial charge in [-0.1, -0.05) is 29.8 Å². The number of allylic oxidation sites excluding steroid dienone is 1. The van der Waals surface area contributed by atoms with E-state index in [0.29, 0.717) is 0 Å². The van der Waals surface area contributed by atoms with Gasteiger partial charge in [-0.05, 0) is 34.5 Å². The Bertz CT molecular complexity index is 334. The van der Waals surface area contributed by atoms with Gasteiger partial charge in [-0.3, -0.25) is 0 Å².